The second-order valence-corrected chi connectivity index (χ2v) is 23.3. The fraction of sp³-hybridized carbons (Fsp3) is 0.412. The van der Waals surface area contributed by atoms with Gasteiger partial charge in [-0.15, -0.1) is 0 Å². The lowest BCUT2D eigenvalue weighted by Crippen LogP contribution is -2.43. The van der Waals surface area contributed by atoms with Crippen molar-refractivity contribution in [2.75, 3.05) is 56.9 Å². The minimum Gasteiger partial charge on any atom is -0.506 e. The molecule has 0 saturated carbocycles. The first kappa shape index (κ1) is 48.6. The first-order chi connectivity index (χ1) is 31.1. The van der Waals surface area contributed by atoms with Crippen LogP contribution in [0.5, 0.6) is 5.75 Å². The van der Waals surface area contributed by atoms with E-state index in [0.29, 0.717) is 63.1 Å². The molecule has 13 nitrogen and oxygen atoms in total. The molecule has 1 fully saturated rings. The summed E-state index contributed by atoms with van der Waals surface area (Å²) in [7, 11) is -0.432. The molecule has 3 amide bonds. The number of aromatic amines is 1. The lowest BCUT2D eigenvalue weighted by atomic mass is 10.0. The van der Waals surface area contributed by atoms with E-state index in [4.69, 9.17) is 9.16 Å². The summed E-state index contributed by atoms with van der Waals surface area (Å²) in [6.07, 6.45) is 2.37. The maximum atomic E-state index is 13.0. The highest BCUT2D eigenvalue weighted by Gasteiger charge is 2.40. The van der Waals surface area contributed by atoms with Gasteiger partial charge in [0.15, 0.2) is 8.32 Å². The van der Waals surface area contributed by atoms with Crippen LogP contribution in [-0.2, 0) is 25.2 Å². The van der Waals surface area contributed by atoms with Gasteiger partial charge in [0.2, 0.25) is 17.4 Å². The molecule has 65 heavy (non-hydrogen) atoms. The number of benzene rings is 4. The smallest absolute Gasteiger partial charge is 0.411 e. The number of H-pyrrole nitrogens is 1. The van der Waals surface area contributed by atoms with Crippen molar-refractivity contribution >= 4 is 48.5 Å². The number of fused-ring (bicyclic) bond motifs is 1. The molecule has 5 N–H and O–H groups in total. The standard InChI is InChI=1S/C51H66N6O7Si/c1-51(2,3)65(5,6)64-45(41-21-23-44(58)49-42(41)22-24-47(60)55-49)35-52-29-25-36-14-12-17-38(34-36)53-46(59)20-13-30-56(4)48(61)28-33-57-31-26-39(27-32-57)63-50(62)54-43-19-11-10-18-40(43)37-15-8-7-9-16-37/h7-12,14-19,21-24,34,39,45,52,58H,13,20,25-33,35H2,1-6H3,(H,53,59)(H,54,62)(H,55,60)/t45-/m0/s1. The molecular formula is C51H66N6O7Si. The van der Waals surface area contributed by atoms with Crippen LogP contribution in [0.2, 0.25) is 18.1 Å². The van der Waals surface area contributed by atoms with Gasteiger partial charge in [-0.2, -0.15) is 0 Å². The summed E-state index contributed by atoms with van der Waals surface area (Å²) in [4.78, 5) is 57.5. The zero-order chi connectivity index (χ0) is 46.6. The fourth-order valence-electron chi connectivity index (χ4n) is 7.83. The number of hydrogen-bond acceptors (Lipinski definition) is 9. The van der Waals surface area contributed by atoms with E-state index >= 15 is 0 Å². The number of amides is 3. The van der Waals surface area contributed by atoms with Gasteiger partial charge in [0, 0.05) is 75.3 Å². The number of phenols is 1. The molecule has 1 atom stereocenters. The predicted octanol–water partition coefficient (Wildman–Crippen LogP) is 9.08. The fourth-order valence-corrected chi connectivity index (χ4v) is 9.11. The molecule has 0 radical (unpaired) electrons. The molecule has 0 bridgehead atoms. The number of nitrogens with zero attached hydrogens (tertiary/aromatic N) is 2. The van der Waals surface area contributed by atoms with Gasteiger partial charge < -0.3 is 39.7 Å². The number of likely N-dealkylation sites (tertiary alicyclic amines) is 1. The number of hydrogen-bond donors (Lipinski definition) is 5. The van der Waals surface area contributed by atoms with E-state index in [1.165, 1.54) is 6.07 Å². The summed E-state index contributed by atoms with van der Waals surface area (Å²) in [5.74, 6) is -0.0512. The zero-order valence-corrected chi connectivity index (χ0v) is 39.7. The first-order valence-electron chi connectivity index (χ1n) is 22.8. The zero-order valence-electron chi connectivity index (χ0n) is 38.7. The van der Waals surface area contributed by atoms with Gasteiger partial charge in [0.1, 0.15) is 11.9 Å². The molecule has 1 aliphatic rings. The Balaban J connectivity index is 0.884. The van der Waals surface area contributed by atoms with Crippen LogP contribution >= 0.6 is 0 Å². The molecule has 14 heteroatoms. The third kappa shape index (κ3) is 13.8. The second kappa shape index (κ2) is 22.4. The minimum absolute atomic E-state index is 0.0177. The number of rotatable bonds is 19. The van der Waals surface area contributed by atoms with Crippen LogP contribution in [0.4, 0.5) is 16.2 Å². The highest BCUT2D eigenvalue weighted by molar-refractivity contribution is 6.74. The van der Waals surface area contributed by atoms with Gasteiger partial charge >= 0.3 is 6.09 Å². The number of phenolic OH excluding ortho intramolecular Hbond substituents is 1. The first-order valence-corrected chi connectivity index (χ1v) is 25.7. The highest BCUT2D eigenvalue weighted by atomic mass is 28.4. The van der Waals surface area contributed by atoms with Crippen molar-refractivity contribution in [2.45, 2.75) is 89.6 Å². The van der Waals surface area contributed by atoms with Crippen molar-refractivity contribution in [1.29, 1.82) is 0 Å². The van der Waals surface area contributed by atoms with Crippen LogP contribution < -0.4 is 21.5 Å². The molecule has 5 aromatic rings. The summed E-state index contributed by atoms with van der Waals surface area (Å²) in [5.41, 5.74) is 5.46. The molecule has 0 unspecified atom stereocenters. The van der Waals surface area contributed by atoms with Crippen LogP contribution in [-0.4, -0.2) is 98.5 Å². The number of aromatic hydroxyl groups is 1. The summed E-state index contributed by atoms with van der Waals surface area (Å²) < 4.78 is 12.7. The lowest BCUT2D eigenvalue weighted by Gasteiger charge is -2.39. The van der Waals surface area contributed by atoms with Crippen LogP contribution in [0.15, 0.2) is 108 Å². The quantitative estimate of drug-likeness (QED) is 0.0402. The van der Waals surface area contributed by atoms with E-state index in [1.54, 1.807) is 24.1 Å². The third-order valence-corrected chi connectivity index (χ3v) is 17.1. The average Bonchev–Trinajstić information content (AvgIpc) is 3.27. The molecule has 1 aliphatic heterocycles. The van der Waals surface area contributed by atoms with Gasteiger partial charge in [0.25, 0.3) is 0 Å². The number of ether oxygens (including phenoxy) is 1. The monoisotopic (exact) mass is 902 g/mol. The molecule has 4 aromatic carbocycles. The van der Waals surface area contributed by atoms with E-state index in [0.717, 1.165) is 52.8 Å². The van der Waals surface area contributed by atoms with E-state index in [2.05, 4.69) is 59.7 Å². The number of nitrogens with one attached hydrogen (secondary N) is 4. The van der Waals surface area contributed by atoms with Gasteiger partial charge in [-0.3, -0.25) is 19.7 Å². The van der Waals surface area contributed by atoms with Gasteiger partial charge in [-0.25, -0.2) is 4.79 Å². The van der Waals surface area contributed by atoms with Crippen molar-refractivity contribution in [1.82, 2.24) is 20.1 Å². The molecule has 1 saturated heterocycles. The number of piperidine rings is 1. The second-order valence-electron chi connectivity index (χ2n) is 18.5. The van der Waals surface area contributed by atoms with Crippen molar-refractivity contribution in [3.05, 3.63) is 125 Å². The van der Waals surface area contributed by atoms with Crippen molar-refractivity contribution < 1.29 is 28.7 Å². The van der Waals surface area contributed by atoms with Gasteiger partial charge in [0.05, 0.1) is 17.3 Å². The summed E-state index contributed by atoms with van der Waals surface area (Å²) in [6, 6.07) is 32.1. The van der Waals surface area contributed by atoms with Gasteiger partial charge in [-0.1, -0.05) is 87.5 Å². The Morgan fingerprint density at radius 1 is 0.908 bits per heavy atom. The van der Waals surface area contributed by atoms with Crippen molar-refractivity contribution in [3.8, 4) is 16.9 Å². The molecular weight excluding hydrogens is 837 g/mol. The predicted molar refractivity (Wildman–Crippen MR) is 262 cm³/mol. The Kier molecular flexibility index (Phi) is 16.8. The maximum absolute atomic E-state index is 13.0. The minimum atomic E-state index is -2.21. The number of carbonyl (C=O) groups is 3. The number of aromatic nitrogens is 1. The molecule has 346 valence electrons. The Hall–Kier alpha value is -5.80. The Bertz CT molecular complexity index is 2450. The summed E-state index contributed by atoms with van der Waals surface area (Å²) in [6.45, 7) is 14.8. The number of para-hydroxylation sites is 1. The number of anilines is 2. The summed E-state index contributed by atoms with van der Waals surface area (Å²) >= 11 is 0. The molecule has 0 spiro atoms. The topological polar surface area (TPSA) is 165 Å². The van der Waals surface area contributed by atoms with E-state index in [-0.39, 0.29) is 46.8 Å². The van der Waals surface area contributed by atoms with E-state index in [9.17, 15) is 24.3 Å². The highest BCUT2D eigenvalue weighted by Crippen LogP contribution is 2.41. The molecule has 2 heterocycles. The van der Waals surface area contributed by atoms with E-state index < -0.39 is 14.4 Å². The van der Waals surface area contributed by atoms with Crippen molar-refractivity contribution in [2.24, 2.45) is 0 Å². The number of carbonyl (C=O) groups excluding carboxylic acids is 3. The maximum Gasteiger partial charge on any atom is 0.411 e. The lowest BCUT2D eigenvalue weighted by molar-refractivity contribution is -0.130. The number of pyridine rings is 1. The average molecular weight is 903 g/mol. The SMILES string of the molecule is CN(CCCC(=O)Nc1cccc(CCNC[C@H](O[Si](C)(C)C(C)(C)C)c2ccc(O)c3[nH]c(=O)ccc23)c1)C(=O)CCN1CCC(OC(=O)Nc2ccccc2-c2ccccc2)CC1. The van der Waals surface area contributed by atoms with E-state index in [1.807, 2.05) is 84.9 Å². The van der Waals surface area contributed by atoms with Crippen LogP contribution in [0.25, 0.3) is 22.0 Å². The molecule has 1 aromatic heterocycles. The third-order valence-electron chi connectivity index (χ3n) is 12.6. The van der Waals surface area contributed by atoms with Crippen molar-refractivity contribution in [3.63, 3.8) is 0 Å². The molecule has 0 aliphatic carbocycles. The van der Waals surface area contributed by atoms with Crippen LogP contribution in [0, 0.1) is 0 Å². The van der Waals surface area contributed by atoms with Crippen LogP contribution in [0.1, 0.15) is 70.1 Å². The Morgan fingerprint density at radius 2 is 1.65 bits per heavy atom. The van der Waals surface area contributed by atoms with Gasteiger partial charge in [-0.05, 0) is 97.4 Å². The summed E-state index contributed by atoms with van der Waals surface area (Å²) in [5, 5.41) is 20.8. The normalized spacial score (nSPS) is 14.2. The van der Waals surface area contributed by atoms with Crippen LogP contribution in [0.3, 0.4) is 0 Å². The largest absolute Gasteiger partial charge is 0.506 e. The molecule has 6 rings (SSSR count). The Morgan fingerprint density at radius 3 is 2.40 bits per heavy atom. The Labute approximate surface area is 384 Å².